The maximum absolute atomic E-state index is 10.4. The van der Waals surface area contributed by atoms with E-state index in [2.05, 4.69) is 25.1 Å². The van der Waals surface area contributed by atoms with Gasteiger partial charge in [-0.1, -0.05) is 55.8 Å². The largest absolute Gasteiger partial charge is 0.362 e. The van der Waals surface area contributed by atoms with Gasteiger partial charge in [-0.05, 0) is 35.1 Å². The molecule has 0 fully saturated rings. The zero-order chi connectivity index (χ0) is 14.2. The topological polar surface area (TPSA) is 40.5 Å². The fourth-order valence-electron chi connectivity index (χ4n) is 3.09. The summed E-state index contributed by atoms with van der Waals surface area (Å²) in [7, 11) is 0. The Morgan fingerprint density at radius 3 is 2.55 bits per heavy atom. The third kappa shape index (κ3) is 2.15. The highest BCUT2D eigenvalue weighted by atomic mass is 16.5. The number of fused-ring (bicyclic) bond motifs is 3. The molecule has 2 aromatic carbocycles. The number of aliphatic hydroxyl groups is 2. The molecule has 2 aromatic rings. The molecular weight excluding hydrogens is 248 g/mol. The fourth-order valence-corrected chi connectivity index (χ4v) is 3.09. The van der Waals surface area contributed by atoms with Crippen LogP contribution in [0.3, 0.4) is 0 Å². The van der Waals surface area contributed by atoms with Crippen LogP contribution < -0.4 is 0 Å². The molecule has 2 N–H and O–H groups in total. The standard InChI is InChI=1S/C18H20O2/c1-2-3-11-18(19,20)17-10-6-9-15-14-8-5-4-7-13(14)12-16(15)17/h4-10,19-20H,2-3,11-12H2,1H3. The van der Waals surface area contributed by atoms with E-state index in [1.807, 2.05) is 24.3 Å². The van der Waals surface area contributed by atoms with Gasteiger partial charge in [-0.25, -0.2) is 0 Å². The number of hydrogen-bond acceptors (Lipinski definition) is 2. The van der Waals surface area contributed by atoms with E-state index in [0.29, 0.717) is 12.0 Å². The molecule has 0 atom stereocenters. The number of benzene rings is 2. The van der Waals surface area contributed by atoms with Crippen molar-refractivity contribution in [3.05, 3.63) is 59.2 Å². The Morgan fingerprint density at radius 1 is 1.00 bits per heavy atom. The summed E-state index contributed by atoms with van der Waals surface area (Å²) in [6.45, 7) is 2.06. The molecule has 104 valence electrons. The van der Waals surface area contributed by atoms with E-state index in [1.165, 1.54) is 11.1 Å². The second-order valence-electron chi connectivity index (χ2n) is 5.59. The molecule has 20 heavy (non-hydrogen) atoms. The first kappa shape index (κ1) is 13.3. The summed E-state index contributed by atoms with van der Waals surface area (Å²) < 4.78 is 0. The normalized spacial score (nSPS) is 13.2. The molecule has 0 saturated carbocycles. The van der Waals surface area contributed by atoms with Gasteiger partial charge in [0, 0.05) is 12.0 Å². The van der Waals surface area contributed by atoms with Crippen LogP contribution in [0.4, 0.5) is 0 Å². The zero-order valence-electron chi connectivity index (χ0n) is 11.8. The fraction of sp³-hybridized carbons (Fsp3) is 0.333. The van der Waals surface area contributed by atoms with Gasteiger partial charge in [0.2, 0.25) is 0 Å². The van der Waals surface area contributed by atoms with Gasteiger partial charge in [-0.3, -0.25) is 0 Å². The van der Waals surface area contributed by atoms with Crippen molar-refractivity contribution in [3.8, 4) is 11.1 Å². The molecule has 1 aliphatic carbocycles. The molecule has 2 heteroatoms. The Labute approximate surface area is 119 Å². The van der Waals surface area contributed by atoms with E-state index >= 15 is 0 Å². The number of hydrogen-bond donors (Lipinski definition) is 2. The molecule has 0 spiro atoms. The Morgan fingerprint density at radius 2 is 1.75 bits per heavy atom. The second-order valence-corrected chi connectivity index (χ2v) is 5.59. The predicted molar refractivity (Wildman–Crippen MR) is 80.3 cm³/mol. The van der Waals surface area contributed by atoms with Crippen molar-refractivity contribution in [3.63, 3.8) is 0 Å². The minimum Gasteiger partial charge on any atom is -0.362 e. The van der Waals surface area contributed by atoms with E-state index in [-0.39, 0.29) is 0 Å². The Balaban J connectivity index is 2.05. The van der Waals surface area contributed by atoms with Crippen LogP contribution in [-0.4, -0.2) is 10.2 Å². The molecule has 3 rings (SSSR count). The first-order valence-corrected chi connectivity index (χ1v) is 7.29. The second kappa shape index (κ2) is 5.04. The molecule has 0 bridgehead atoms. The summed E-state index contributed by atoms with van der Waals surface area (Å²) in [6, 6.07) is 14.1. The highest BCUT2D eigenvalue weighted by Gasteiger charge is 2.31. The molecule has 1 aliphatic rings. The molecule has 0 radical (unpaired) electrons. The van der Waals surface area contributed by atoms with Gasteiger partial charge < -0.3 is 10.2 Å². The lowest BCUT2D eigenvalue weighted by molar-refractivity contribution is -0.175. The van der Waals surface area contributed by atoms with E-state index in [1.54, 1.807) is 0 Å². The average molecular weight is 268 g/mol. The van der Waals surface area contributed by atoms with Crippen LogP contribution in [0, 0.1) is 0 Å². The predicted octanol–water partition coefficient (Wildman–Crippen LogP) is 3.59. The van der Waals surface area contributed by atoms with Crippen LogP contribution >= 0.6 is 0 Å². The van der Waals surface area contributed by atoms with Gasteiger partial charge in [0.15, 0.2) is 5.79 Å². The lowest BCUT2D eigenvalue weighted by Gasteiger charge is -2.24. The molecule has 0 amide bonds. The molecule has 0 aliphatic heterocycles. The van der Waals surface area contributed by atoms with Crippen molar-refractivity contribution in [1.82, 2.24) is 0 Å². The van der Waals surface area contributed by atoms with Gasteiger partial charge in [0.25, 0.3) is 0 Å². The van der Waals surface area contributed by atoms with Crippen LogP contribution in [0.5, 0.6) is 0 Å². The van der Waals surface area contributed by atoms with Gasteiger partial charge in [-0.15, -0.1) is 0 Å². The molecule has 0 saturated heterocycles. The molecule has 0 heterocycles. The average Bonchev–Trinajstić information content (AvgIpc) is 2.83. The first-order valence-electron chi connectivity index (χ1n) is 7.29. The van der Waals surface area contributed by atoms with Crippen LogP contribution in [0.1, 0.15) is 42.9 Å². The minimum absolute atomic E-state index is 0.385. The van der Waals surface area contributed by atoms with Crippen molar-refractivity contribution in [2.24, 2.45) is 0 Å². The van der Waals surface area contributed by atoms with Crippen molar-refractivity contribution >= 4 is 0 Å². The Kier molecular flexibility index (Phi) is 3.36. The summed E-state index contributed by atoms with van der Waals surface area (Å²) >= 11 is 0. The summed E-state index contributed by atoms with van der Waals surface area (Å²) in [5, 5.41) is 20.8. The zero-order valence-corrected chi connectivity index (χ0v) is 11.8. The van der Waals surface area contributed by atoms with Gasteiger partial charge >= 0.3 is 0 Å². The monoisotopic (exact) mass is 268 g/mol. The maximum Gasteiger partial charge on any atom is 0.190 e. The quantitative estimate of drug-likeness (QED) is 0.710. The van der Waals surface area contributed by atoms with Gasteiger partial charge in [0.1, 0.15) is 0 Å². The number of rotatable bonds is 4. The third-order valence-electron chi connectivity index (χ3n) is 4.16. The number of unbranched alkanes of at least 4 members (excludes halogenated alkanes) is 1. The smallest absolute Gasteiger partial charge is 0.190 e. The Bertz CT molecular complexity index is 629. The summed E-state index contributed by atoms with van der Waals surface area (Å²) in [4.78, 5) is 0. The third-order valence-corrected chi connectivity index (χ3v) is 4.16. The van der Waals surface area contributed by atoms with Crippen LogP contribution in [0.25, 0.3) is 11.1 Å². The summed E-state index contributed by atoms with van der Waals surface area (Å²) in [5.41, 5.74) is 5.36. The van der Waals surface area contributed by atoms with E-state index in [9.17, 15) is 10.2 Å². The molecular formula is C18H20O2. The molecule has 2 nitrogen and oxygen atoms in total. The summed E-state index contributed by atoms with van der Waals surface area (Å²) in [5.74, 6) is -1.72. The van der Waals surface area contributed by atoms with Crippen LogP contribution in [0.15, 0.2) is 42.5 Å². The lowest BCUT2D eigenvalue weighted by atomic mass is 9.92. The van der Waals surface area contributed by atoms with E-state index in [0.717, 1.165) is 30.4 Å². The van der Waals surface area contributed by atoms with Crippen molar-refractivity contribution in [2.75, 3.05) is 0 Å². The van der Waals surface area contributed by atoms with Gasteiger partial charge in [0.05, 0.1) is 0 Å². The molecule has 0 aromatic heterocycles. The van der Waals surface area contributed by atoms with Crippen LogP contribution in [0.2, 0.25) is 0 Å². The van der Waals surface area contributed by atoms with Gasteiger partial charge in [-0.2, -0.15) is 0 Å². The highest BCUT2D eigenvalue weighted by Crippen LogP contribution is 2.41. The van der Waals surface area contributed by atoms with Crippen molar-refractivity contribution < 1.29 is 10.2 Å². The van der Waals surface area contributed by atoms with Crippen LogP contribution in [-0.2, 0) is 12.2 Å². The highest BCUT2D eigenvalue weighted by molar-refractivity contribution is 5.78. The first-order chi connectivity index (χ1) is 9.63. The minimum atomic E-state index is -1.72. The molecule has 0 unspecified atom stereocenters. The Hall–Kier alpha value is -1.64. The van der Waals surface area contributed by atoms with E-state index < -0.39 is 5.79 Å². The lowest BCUT2D eigenvalue weighted by Crippen LogP contribution is -2.26. The van der Waals surface area contributed by atoms with E-state index in [4.69, 9.17) is 0 Å². The SMILES string of the molecule is CCCCC(O)(O)c1cccc2c1Cc1ccccc1-2. The van der Waals surface area contributed by atoms with Crippen molar-refractivity contribution in [1.29, 1.82) is 0 Å². The summed E-state index contributed by atoms with van der Waals surface area (Å²) in [6.07, 6.45) is 2.94. The maximum atomic E-state index is 10.4. The van der Waals surface area contributed by atoms with Crippen molar-refractivity contribution in [2.45, 2.75) is 38.4 Å².